The molecule has 28 heavy (non-hydrogen) atoms. The number of amides is 1. The lowest BCUT2D eigenvalue weighted by molar-refractivity contribution is -0.148. The molecule has 1 heterocycles. The van der Waals surface area contributed by atoms with Crippen LogP contribution in [0.5, 0.6) is 5.88 Å². The maximum Gasteiger partial charge on any atom is 0.340 e. The van der Waals surface area contributed by atoms with Crippen LogP contribution in [0.2, 0.25) is 0 Å². The summed E-state index contributed by atoms with van der Waals surface area (Å²) in [5.74, 6) is -5.03. The fourth-order valence-electron chi connectivity index (χ4n) is 1.92. The molecule has 0 spiro atoms. The number of anilines is 1. The lowest BCUT2D eigenvalue weighted by atomic mass is 10.1. The number of halogens is 6. The van der Waals surface area contributed by atoms with Crippen LogP contribution in [0.4, 0.5) is 23.2 Å². The molecule has 0 aliphatic heterocycles. The van der Waals surface area contributed by atoms with E-state index in [9.17, 15) is 22.4 Å². The maximum atomic E-state index is 12.8. The van der Waals surface area contributed by atoms with Crippen molar-refractivity contribution in [1.82, 2.24) is 4.98 Å². The Morgan fingerprint density at radius 2 is 1.79 bits per heavy atom. The number of hydrogen-bond donors (Lipinski definition) is 2. The number of pyridine rings is 1. The highest BCUT2D eigenvalue weighted by molar-refractivity contribution is 5.95. The number of carbonyl (C=O) groups is 1. The highest BCUT2D eigenvalue weighted by atomic mass is 35.5. The second kappa shape index (κ2) is 11.0. The molecule has 5 nitrogen and oxygen atoms in total. The highest BCUT2D eigenvalue weighted by Crippen LogP contribution is 2.24. The summed E-state index contributed by atoms with van der Waals surface area (Å²) in [4.78, 5) is 15.8. The summed E-state index contributed by atoms with van der Waals surface area (Å²) in [6.07, 6.45) is -2.68. The Balaban J connectivity index is 0.00000364. The Kier molecular flexibility index (Phi) is 10.2. The molecule has 0 fully saturated rings. The van der Waals surface area contributed by atoms with E-state index in [0.717, 1.165) is 11.8 Å². The number of carbonyl (C=O) groups excluding carboxylic acids is 1. The van der Waals surface area contributed by atoms with Crippen molar-refractivity contribution in [3.8, 4) is 5.88 Å². The molecular weight excluding hydrogens is 425 g/mol. The van der Waals surface area contributed by atoms with E-state index in [-0.39, 0.29) is 36.4 Å². The first-order chi connectivity index (χ1) is 12.2. The first-order valence-corrected chi connectivity index (χ1v) is 7.57. The molecule has 0 radical (unpaired) electrons. The van der Waals surface area contributed by atoms with Gasteiger partial charge in [0.25, 0.3) is 0 Å². The van der Waals surface area contributed by atoms with E-state index in [1.54, 1.807) is 12.1 Å². The van der Waals surface area contributed by atoms with E-state index in [2.05, 4.69) is 15.0 Å². The number of benzene rings is 1. The van der Waals surface area contributed by atoms with Gasteiger partial charge in [0.05, 0.1) is 11.9 Å². The topological polar surface area (TPSA) is 77.2 Å². The van der Waals surface area contributed by atoms with Gasteiger partial charge in [-0.1, -0.05) is 29.8 Å². The van der Waals surface area contributed by atoms with Gasteiger partial charge in [0, 0.05) is 6.07 Å². The monoisotopic (exact) mass is 443 g/mol. The van der Waals surface area contributed by atoms with Crippen molar-refractivity contribution in [1.29, 1.82) is 0 Å². The number of aromatic nitrogens is 1. The van der Waals surface area contributed by atoms with Crippen LogP contribution < -0.4 is 15.8 Å². The van der Waals surface area contributed by atoms with Gasteiger partial charge in [-0.25, -0.2) is 13.8 Å². The summed E-state index contributed by atoms with van der Waals surface area (Å²) in [6, 6.07) is 8.72. The first kappa shape index (κ1) is 25.9. The molecule has 0 saturated heterocycles. The summed E-state index contributed by atoms with van der Waals surface area (Å²) in [5, 5.41) is 2.52. The predicted molar refractivity (Wildman–Crippen MR) is 102 cm³/mol. The van der Waals surface area contributed by atoms with Crippen LogP contribution in [0.1, 0.15) is 17.2 Å². The summed E-state index contributed by atoms with van der Waals surface area (Å²) in [5.41, 5.74) is 7.78. The number of nitrogens with zero attached hydrogens (tertiary/aromatic N) is 1. The van der Waals surface area contributed by atoms with Crippen molar-refractivity contribution < 1.29 is 27.1 Å². The van der Waals surface area contributed by atoms with Crippen LogP contribution in [-0.4, -0.2) is 29.8 Å². The van der Waals surface area contributed by atoms with E-state index in [1.165, 1.54) is 12.1 Å². The standard InChI is InChI=1S/C17H17F4N3O2.2ClH/c1-10-2-4-11(5-3-10)14(22)15(25)24-12-6-7-13(23-8-12)26-9-17(20,21)16(18)19;;/h2-8,14,16H,9,22H2,1H3,(H,24,25);2*1H. The van der Waals surface area contributed by atoms with Gasteiger partial charge in [-0.3, -0.25) is 4.79 Å². The third kappa shape index (κ3) is 7.14. The van der Waals surface area contributed by atoms with Gasteiger partial charge in [-0.2, -0.15) is 8.78 Å². The fourth-order valence-corrected chi connectivity index (χ4v) is 1.92. The van der Waals surface area contributed by atoms with Crippen LogP contribution in [0.15, 0.2) is 42.6 Å². The average Bonchev–Trinajstić information content (AvgIpc) is 2.61. The fraction of sp³-hybridized carbons (Fsp3) is 0.294. The second-order valence-corrected chi connectivity index (χ2v) is 5.61. The Morgan fingerprint density at radius 1 is 1.18 bits per heavy atom. The van der Waals surface area contributed by atoms with Gasteiger partial charge in [-0.15, -0.1) is 24.8 Å². The Hall–Kier alpha value is -2.10. The first-order valence-electron chi connectivity index (χ1n) is 7.57. The molecule has 1 aromatic carbocycles. The Morgan fingerprint density at radius 3 is 2.29 bits per heavy atom. The zero-order valence-corrected chi connectivity index (χ0v) is 16.2. The lowest BCUT2D eigenvalue weighted by Crippen LogP contribution is -2.33. The zero-order chi connectivity index (χ0) is 19.3. The number of alkyl halides is 4. The molecule has 1 unspecified atom stereocenters. The van der Waals surface area contributed by atoms with Crippen molar-refractivity contribution in [3.05, 3.63) is 53.7 Å². The number of nitrogens with two attached hydrogens (primary N) is 1. The highest BCUT2D eigenvalue weighted by Gasteiger charge is 2.41. The second-order valence-electron chi connectivity index (χ2n) is 5.61. The molecule has 0 aliphatic carbocycles. The van der Waals surface area contributed by atoms with Gasteiger partial charge in [0.15, 0.2) is 6.61 Å². The summed E-state index contributed by atoms with van der Waals surface area (Å²) < 4.78 is 54.2. The summed E-state index contributed by atoms with van der Waals surface area (Å²) in [7, 11) is 0. The quantitative estimate of drug-likeness (QED) is 0.630. The predicted octanol–water partition coefficient (Wildman–Crippen LogP) is 4.15. The minimum absolute atomic E-state index is 0. The largest absolute Gasteiger partial charge is 0.471 e. The van der Waals surface area contributed by atoms with Crippen LogP contribution in [0.25, 0.3) is 0 Å². The molecule has 0 saturated carbocycles. The molecule has 156 valence electrons. The molecule has 1 amide bonds. The minimum Gasteiger partial charge on any atom is -0.471 e. The normalized spacial score (nSPS) is 11.8. The van der Waals surface area contributed by atoms with Crippen LogP contribution in [-0.2, 0) is 4.79 Å². The van der Waals surface area contributed by atoms with Gasteiger partial charge in [0.1, 0.15) is 6.04 Å². The van der Waals surface area contributed by atoms with E-state index in [0.29, 0.717) is 5.56 Å². The van der Waals surface area contributed by atoms with E-state index in [1.807, 2.05) is 19.1 Å². The van der Waals surface area contributed by atoms with Crippen molar-refractivity contribution in [2.24, 2.45) is 5.73 Å². The summed E-state index contributed by atoms with van der Waals surface area (Å²) >= 11 is 0. The number of hydrogen-bond acceptors (Lipinski definition) is 4. The summed E-state index contributed by atoms with van der Waals surface area (Å²) in [6.45, 7) is 0.406. The molecule has 0 bridgehead atoms. The number of nitrogens with one attached hydrogen (secondary N) is 1. The lowest BCUT2D eigenvalue weighted by Gasteiger charge is -2.16. The molecule has 2 aromatic rings. The van der Waals surface area contributed by atoms with Crippen LogP contribution >= 0.6 is 24.8 Å². The maximum absolute atomic E-state index is 12.8. The van der Waals surface area contributed by atoms with Crippen molar-refractivity contribution >= 4 is 36.4 Å². The van der Waals surface area contributed by atoms with Crippen LogP contribution in [0, 0.1) is 6.92 Å². The number of rotatable bonds is 7. The smallest absolute Gasteiger partial charge is 0.340 e. The molecule has 1 aromatic heterocycles. The van der Waals surface area contributed by atoms with Crippen molar-refractivity contribution in [2.45, 2.75) is 25.3 Å². The minimum atomic E-state index is -4.27. The number of ether oxygens (including phenoxy) is 1. The average molecular weight is 444 g/mol. The molecular formula is C17H19Cl2F4N3O2. The Bertz CT molecular complexity index is 747. The zero-order valence-electron chi connectivity index (χ0n) is 14.6. The van der Waals surface area contributed by atoms with Gasteiger partial charge in [-0.05, 0) is 18.6 Å². The van der Waals surface area contributed by atoms with Crippen LogP contribution in [0.3, 0.4) is 0 Å². The molecule has 11 heteroatoms. The van der Waals surface area contributed by atoms with Crippen molar-refractivity contribution in [2.75, 3.05) is 11.9 Å². The molecule has 0 aliphatic rings. The van der Waals surface area contributed by atoms with E-state index >= 15 is 0 Å². The molecule has 2 rings (SSSR count). The third-order valence-electron chi connectivity index (χ3n) is 3.45. The third-order valence-corrected chi connectivity index (χ3v) is 3.45. The molecule has 3 N–H and O–H groups in total. The van der Waals surface area contributed by atoms with E-state index in [4.69, 9.17) is 5.73 Å². The van der Waals surface area contributed by atoms with Gasteiger partial charge in [0.2, 0.25) is 11.8 Å². The van der Waals surface area contributed by atoms with Gasteiger partial charge >= 0.3 is 12.3 Å². The SMILES string of the molecule is Cc1ccc(C(N)C(=O)Nc2ccc(OCC(F)(F)C(F)F)nc2)cc1.Cl.Cl. The van der Waals surface area contributed by atoms with Gasteiger partial charge < -0.3 is 15.8 Å². The van der Waals surface area contributed by atoms with Crippen molar-refractivity contribution in [3.63, 3.8) is 0 Å². The Labute approximate surface area is 171 Å². The number of aryl methyl sites for hydroxylation is 1. The van der Waals surface area contributed by atoms with E-state index < -0.39 is 30.9 Å². The molecule has 1 atom stereocenters.